The van der Waals surface area contributed by atoms with Gasteiger partial charge in [-0.1, -0.05) is 42.5 Å². The number of amides is 4. The Labute approximate surface area is 198 Å². The van der Waals surface area contributed by atoms with Crippen molar-refractivity contribution in [2.45, 2.75) is 57.4 Å². The minimum absolute atomic E-state index is 0.120. The van der Waals surface area contributed by atoms with Crippen LogP contribution in [0.5, 0.6) is 0 Å². The summed E-state index contributed by atoms with van der Waals surface area (Å²) in [6.45, 7) is 2.35. The number of rotatable bonds is 6. The smallest absolute Gasteiger partial charge is 0.255 e. The molecule has 2 fully saturated rings. The second kappa shape index (κ2) is 9.38. The number of carbonyl (C=O) groups excluding carboxylic acids is 4. The van der Waals surface area contributed by atoms with E-state index in [1.807, 2.05) is 53.4 Å². The van der Waals surface area contributed by atoms with Crippen LogP contribution < -0.4 is 10.6 Å². The molecule has 176 valence electrons. The van der Waals surface area contributed by atoms with Crippen LogP contribution in [0.25, 0.3) is 0 Å². The molecule has 4 amide bonds. The van der Waals surface area contributed by atoms with Gasteiger partial charge in [-0.3, -0.25) is 24.5 Å². The van der Waals surface area contributed by atoms with E-state index in [0.29, 0.717) is 38.0 Å². The first-order chi connectivity index (χ1) is 16.5. The number of fused-ring (bicyclic) bond motifs is 1. The molecule has 0 aliphatic carbocycles. The number of imide groups is 1. The zero-order chi connectivity index (χ0) is 23.7. The Kier molecular flexibility index (Phi) is 6.15. The molecule has 1 unspecified atom stereocenters. The fraction of sp³-hybridized carbons (Fsp3) is 0.385. The van der Waals surface area contributed by atoms with Crippen LogP contribution in [-0.4, -0.2) is 52.1 Å². The van der Waals surface area contributed by atoms with Crippen molar-refractivity contribution in [2.24, 2.45) is 0 Å². The van der Waals surface area contributed by atoms with E-state index in [-0.39, 0.29) is 30.2 Å². The van der Waals surface area contributed by atoms with Crippen LogP contribution >= 0.6 is 0 Å². The standard InChI is InChI=1S/C26H28N4O4/c31-23-9-8-22(25(33)28-23)30-16-19-12-18(6-7-21(19)26(30)34)14-27-20-10-11-29(24(32)13-20)15-17-4-2-1-3-5-17/h1-7,12,20,22,27H,8-11,13-16H2,(H,28,31,33)/t20-,22?/m0/s1. The highest BCUT2D eigenvalue weighted by Crippen LogP contribution is 2.28. The number of nitrogens with zero attached hydrogens (tertiary/aromatic N) is 2. The number of nitrogens with one attached hydrogen (secondary N) is 2. The number of hydrogen-bond acceptors (Lipinski definition) is 5. The molecule has 34 heavy (non-hydrogen) atoms. The van der Waals surface area contributed by atoms with Crippen molar-refractivity contribution in [3.63, 3.8) is 0 Å². The van der Waals surface area contributed by atoms with Crippen LogP contribution in [0.15, 0.2) is 48.5 Å². The first kappa shape index (κ1) is 22.3. The van der Waals surface area contributed by atoms with Crippen LogP contribution in [0.4, 0.5) is 0 Å². The van der Waals surface area contributed by atoms with Crippen LogP contribution in [0.1, 0.15) is 52.7 Å². The average molecular weight is 461 g/mol. The van der Waals surface area contributed by atoms with Crippen molar-refractivity contribution in [2.75, 3.05) is 6.54 Å². The lowest BCUT2D eigenvalue weighted by Gasteiger charge is -2.32. The van der Waals surface area contributed by atoms with Crippen LogP contribution in [0, 0.1) is 0 Å². The molecule has 3 aliphatic rings. The van der Waals surface area contributed by atoms with Crippen molar-refractivity contribution < 1.29 is 19.2 Å². The normalized spacial score (nSPS) is 22.7. The van der Waals surface area contributed by atoms with E-state index < -0.39 is 11.9 Å². The Bertz CT molecular complexity index is 1130. The zero-order valence-electron chi connectivity index (χ0n) is 19.0. The molecule has 2 aromatic carbocycles. The molecule has 0 spiro atoms. The summed E-state index contributed by atoms with van der Waals surface area (Å²) in [5.74, 6) is -0.696. The lowest BCUT2D eigenvalue weighted by molar-refractivity contribution is -0.137. The van der Waals surface area contributed by atoms with Crippen molar-refractivity contribution in [1.29, 1.82) is 0 Å². The van der Waals surface area contributed by atoms with Crippen molar-refractivity contribution >= 4 is 23.6 Å². The quantitative estimate of drug-likeness (QED) is 0.640. The zero-order valence-corrected chi connectivity index (χ0v) is 19.0. The number of hydrogen-bond donors (Lipinski definition) is 2. The largest absolute Gasteiger partial charge is 0.338 e. The number of benzene rings is 2. The molecule has 0 saturated carbocycles. The molecule has 2 saturated heterocycles. The maximum absolute atomic E-state index is 12.8. The summed E-state index contributed by atoms with van der Waals surface area (Å²) >= 11 is 0. The lowest BCUT2D eigenvalue weighted by Crippen LogP contribution is -2.52. The van der Waals surface area contributed by atoms with Gasteiger partial charge in [0.25, 0.3) is 5.91 Å². The molecule has 2 N–H and O–H groups in total. The fourth-order valence-corrected chi connectivity index (χ4v) is 5.02. The van der Waals surface area contributed by atoms with Gasteiger partial charge in [0.15, 0.2) is 0 Å². The minimum Gasteiger partial charge on any atom is -0.338 e. The Hall–Kier alpha value is -3.52. The highest BCUT2D eigenvalue weighted by atomic mass is 16.2. The molecular formula is C26H28N4O4. The second-order valence-electron chi connectivity index (χ2n) is 9.26. The van der Waals surface area contributed by atoms with Gasteiger partial charge in [0, 0.05) is 50.6 Å². The Balaban J connectivity index is 1.16. The van der Waals surface area contributed by atoms with Gasteiger partial charge in [0.1, 0.15) is 6.04 Å². The van der Waals surface area contributed by atoms with E-state index in [4.69, 9.17) is 0 Å². The van der Waals surface area contributed by atoms with Crippen LogP contribution in [0.3, 0.4) is 0 Å². The SMILES string of the molecule is O=C1CCC(N2Cc3cc(CN[C@H]4CCN(Cc5ccccc5)C(=O)C4)ccc3C2=O)C(=O)N1. The number of piperidine rings is 2. The summed E-state index contributed by atoms with van der Waals surface area (Å²) < 4.78 is 0. The molecular weight excluding hydrogens is 432 g/mol. The highest BCUT2D eigenvalue weighted by Gasteiger charge is 2.39. The molecule has 0 radical (unpaired) electrons. The molecule has 2 atom stereocenters. The molecule has 8 heteroatoms. The summed E-state index contributed by atoms with van der Waals surface area (Å²) in [5.41, 5.74) is 3.68. The van der Waals surface area contributed by atoms with E-state index in [1.165, 1.54) is 0 Å². The Morgan fingerprint density at radius 3 is 2.56 bits per heavy atom. The highest BCUT2D eigenvalue weighted by molar-refractivity contribution is 6.05. The summed E-state index contributed by atoms with van der Waals surface area (Å²) in [7, 11) is 0. The third kappa shape index (κ3) is 4.59. The van der Waals surface area contributed by atoms with Crippen molar-refractivity contribution in [3.8, 4) is 0 Å². The Morgan fingerprint density at radius 2 is 1.79 bits per heavy atom. The summed E-state index contributed by atoms with van der Waals surface area (Å²) in [5, 5.41) is 5.82. The van der Waals surface area contributed by atoms with Crippen molar-refractivity contribution in [3.05, 3.63) is 70.8 Å². The van der Waals surface area contributed by atoms with E-state index in [9.17, 15) is 19.2 Å². The number of carbonyl (C=O) groups is 4. The molecule has 3 aliphatic heterocycles. The summed E-state index contributed by atoms with van der Waals surface area (Å²) in [6, 6.07) is 15.3. The first-order valence-corrected chi connectivity index (χ1v) is 11.8. The lowest BCUT2D eigenvalue weighted by atomic mass is 10.0. The van der Waals surface area contributed by atoms with Gasteiger partial charge in [-0.25, -0.2) is 0 Å². The maximum atomic E-state index is 12.8. The van der Waals surface area contributed by atoms with Gasteiger partial charge in [0.2, 0.25) is 17.7 Å². The minimum atomic E-state index is -0.605. The fourth-order valence-electron chi connectivity index (χ4n) is 5.02. The van der Waals surface area contributed by atoms with Crippen LogP contribution in [-0.2, 0) is 34.0 Å². The van der Waals surface area contributed by atoms with Crippen molar-refractivity contribution in [1.82, 2.24) is 20.4 Å². The molecule has 0 aromatic heterocycles. The van der Waals surface area contributed by atoms with Crippen LogP contribution in [0.2, 0.25) is 0 Å². The van der Waals surface area contributed by atoms with E-state index >= 15 is 0 Å². The monoisotopic (exact) mass is 460 g/mol. The first-order valence-electron chi connectivity index (χ1n) is 11.8. The van der Waals surface area contributed by atoms with Gasteiger partial charge in [-0.2, -0.15) is 0 Å². The average Bonchev–Trinajstić information content (AvgIpc) is 3.15. The maximum Gasteiger partial charge on any atom is 0.255 e. The predicted molar refractivity (Wildman–Crippen MR) is 124 cm³/mol. The molecule has 5 rings (SSSR count). The molecule has 3 heterocycles. The third-order valence-electron chi connectivity index (χ3n) is 6.92. The third-order valence-corrected chi connectivity index (χ3v) is 6.92. The summed E-state index contributed by atoms with van der Waals surface area (Å²) in [4.78, 5) is 52.6. The molecule has 0 bridgehead atoms. The number of likely N-dealkylation sites (tertiary alicyclic amines) is 1. The van der Waals surface area contributed by atoms with Gasteiger partial charge in [-0.05, 0) is 35.6 Å². The van der Waals surface area contributed by atoms with Gasteiger partial charge in [0.05, 0.1) is 0 Å². The van der Waals surface area contributed by atoms with E-state index in [2.05, 4.69) is 10.6 Å². The predicted octanol–water partition coefficient (Wildman–Crippen LogP) is 1.73. The summed E-state index contributed by atoms with van der Waals surface area (Å²) in [6.07, 6.45) is 1.97. The topological polar surface area (TPSA) is 98.8 Å². The van der Waals surface area contributed by atoms with Gasteiger partial charge < -0.3 is 15.1 Å². The van der Waals surface area contributed by atoms with Gasteiger partial charge in [-0.15, -0.1) is 0 Å². The van der Waals surface area contributed by atoms with E-state index in [0.717, 1.165) is 29.7 Å². The molecule has 8 nitrogen and oxygen atoms in total. The molecule has 2 aromatic rings. The van der Waals surface area contributed by atoms with Gasteiger partial charge >= 0.3 is 0 Å². The second-order valence-corrected chi connectivity index (χ2v) is 9.26. The Morgan fingerprint density at radius 1 is 0.971 bits per heavy atom. The van der Waals surface area contributed by atoms with E-state index in [1.54, 1.807) is 4.90 Å².